The van der Waals surface area contributed by atoms with Gasteiger partial charge in [-0.25, -0.2) is 0 Å². The number of halogens is 1. The van der Waals surface area contributed by atoms with Gasteiger partial charge in [0.05, 0.1) is 26.2 Å². The van der Waals surface area contributed by atoms with Gasteiger partial charge in [0, 0.05) is 42.8 Å². The van der Waals surface area contributed by atoms with Crippen molar-refractivity contribution in [3.05, 3.63) is 40.4 Å². The Labute approximate surface area is 191 Å². The highest BCUT2D eigenvalue weighted by Gasteiger charge is 2.27. The fourth-order valence-corrected chi connectivity index (χ4v) is 4.47. The summed E-state index contributed by atoms with van der Waals surface area (Å²) in [7, 11) is 1.64. The number of morpholine rings is 1. The number of amides is 1. The van der Waals surface area contributed by atoms with Crippen LogP contribution in [0.5, 0.6) is 5.75 Å². The average molecular weight is 490 g/mol. The smallest absolute Gasteiger partial charge is 0.225 e. The summed E-state index contributed by atoms with van der Waals surface area (Å²) in [5.74, 6) is 2.45. The van der Waals surface area contributed by atoms with E-state index in [1.807, 2.05) is 30.3 Å². The van der Waals surface area contributed by atoms with Gasteiger partial charge in [-0.3, -0.25) is 4.79 Å². The summed E-state index contributed by atoms with van der Waals surface area (Å²) < 4.78 is 11.8. The highest BCUT2D eigenvalue weighted by Crippen LogP contribution is 2.25. The molecule has 2 fully saturated rings. The van der Waals surface area contributed by atoms with Gasteiger partial charge in [0.1, 0.15) is 5.75 Å². The summed E-state index contributed by atoms with van der Waals surface area (Å²) in [5.41, 5.74) is 0.947. The normalized spacial score (nSPS) is 19.2. The number of piperidine rings is 1. The molecule has 4 rings (SSSR count). The number of rotatable bonds is 6. The van der Waals surface area contributed by atoms with Gasteiger partial charge < -0.3 is 24.6 Å². The zero-order valence-electron chi connectivity index (χ0n) is 17.7. The predicted octanol–water partition coefficient (Wildman–Crippen LogP) is 2.62. The van der Waals surface area contributed by atoms with Gasteiger partial charge in [0.15, 0.2) is 11.6 Å². The van der Waals surface area contributed by atoms with Crippen molar-refractivity contribution in [2.75, 3.05) is 56.3 Å². The largest absolute Gasteiger partial charge is 0.496 e. The minimum absolute atomic E-state index is 0.0598. The molecule has 1 N–H and O–H groups in total. The summed E-state index contributed by atoms with van der Waals surface area (Å²) >= 11 is 3.48. The van der Waals surface area contributed by atoms with E-state index in [4.69, 9.17) is 9.47 Å². The average Bonchev–Trinajstić information content (AvgIpc) is 2.83. The molecule has 0 saturated carbocycles. The van der Waals surface area contributed by atoms with Crippen molar-refractivity contribution in [1.82, 2.24) is 15.5 Å². The molecule has 0 aliphatic carbocycles. The van der Waals surface area contributed by atoms with Gasteiger partial charge >= 0.3 is 0 Å². The van der Waals surface area contributed by atoms with E-state index in [0.29, 0.717) is 13.1 Å². The number of ether oxygens (including phenoxy) is 2. The second kappa shape index (κ2) is 10.3. The van der Waals surface area contributed by atoms with Crippen LogP contribution < -0.4 is 19.9 Å². The first-order chi connectivity index (χ1) is 15.1. The van der Waals surface area contributed by atoms with Crippen molar-refractivity contribution >= 4 is 33.5 Å². The van der Waals surface area contributed by atoms with E-state index in [2.05, 4.69) is 41.2 Å². The lowest BCUT2D eigenvalue weighted by atomic mass is 9.97. The summed E-state index contributed by atoms with van der Waals surface area (Å²) in [6.07, 6.45) is 1.82. The third-order valence-electron chi connectivity index (χ3n) is 5.78. The number of aromatic nitrogens is 2. The van der Waals surface area contributed by atoms with Crippen LogP contribution in [0, 0.1) is 5.92 Å². The van der Waals surface area contributed by atoms with Crippen molar-refractivity contribution in [3.63, 3.8) is 0 Å². The minimum atomic E-state index is -0.0763. The molecular formula is C22H28BrN5O3. The second-order valence-corrected chi connectivity index (χ2v) is 8.72. The molecule has 1 amide bonds. The molecular weight excluding hydrogens is 462 g/mol. The van der Waals surface area contributed by atoms with Crippen LogP contribution in [0.15, 0.2) is 34.8 Å². The number of hydrogen-bond donors (Lipinski definition) is 1. The first-order valence-corrected chi connectivity index (χ1v) is 11.4. The van der Waals surface area contributed by atoms with E-state index >= 15 is 0 Å². The summed E-state index contributed by atoms with van der Waals surface area (Å²) in [5, 5.41) is 11.9. The fourth-order valence-electron chi connectivity index (χ4n) is 4.06. The number of hydrogen-bond acceptors (Lipinski definition) is 7. The molecule has 2 saturated heterocycles. The summed E-state index contributed by atoms with van der Waals surface area (Å²) in [4.78, 5) is 17.2. The van der Waals surface area contributed by atoms with Gasteiger partial charge in [0.2, 0.25) is 5.91 Å². The summed E-state index contributed by atoms with van der Waals surface area (Å²) in [6, 6.07) is 9.81. The molecule has 1 aromatic carbocycles. The first-order valence-electron chi connectivity index (χ1n) is 10.7. The van der Waals surface area contributed by atoms with Gasteiger partial charge in [-0.2, -0.15) is 0 Å². The minimum Gasteiger partial charge on any atom is -0.496 e. The van der Waals surface area contributed by atoms with Crippen LogP contribution in [0.25, 0.3) is 0 Å². The molecule has 1 aromatic heterocycles. The van der Waals surface area contributed by atoms with Crippen LogP contribution in [0.1, 0.15) is 18.4 Å². The van der Waals surface area contributed by atoms with E-state index in [1.165, 1.54) is 0 Å². The van der Waals surface area contributed by atoms with Crippen molar-refractivity contribution in [3.8, 4) is 5.75 Å². The number of carbonyl (C=O) groups excluding carboxylic acids is 1. The Morgan fingerprint density at radius 1 is 1.16 bits per heavy atom. The molecule has 2 aliphatic heterocycles. The zero-order chi connectivity index (χ0) is 21.6. The quantitative estimate of drug-likeness (QED) is 0.667. The molecule has 9 heteroatoms. The van der Waals surface area contributed by atoms with Crippen molar-refractivity contribution in [2.24, 2.45) is 5.92 Å². The molecule has 2 aliphatic rings. The van der Waals surface area contributed by atoms with Crippen molar-refractivity contribution in [1.29, 1.82) is 0 Å². The maximum Gasteiger partial charge on any atom is 0.225 e. The lowest BCUT2D eigenvalue weighted by Crippen LogP contribution is -2.43. The Morgan fingerprint density at radius 3 is 2.61 bits per heavy atom. The third kappa shape index (κ3) is 5.46. The van der Waals surface area contributed by atoms with Crippen LogP contribution in [0.3, 0.4) is 0 Å². The molecule has 0 radical (unpaired) electrons. The highest BCUT2D eigenvalue weighted by atomic mass is 79.9. The van der Waals surface area contributed by atoms with Gasteiger partial charge in [-0.1, -0.05) is 15.9 Å². The molecule has 0 spiro atoms. The topological polar surface area (TPSA) is 79.8 Å². The molecule has 1 unspecified atom stereocenters. The lowest BCUT2D eigenvalue weighted by Gasteiger charge is -2.33. The van der Waals surface area contributed by atoms with Crippen LogP contribution in [0.4, 0.5) is 11.6 Å². The van der Waals surface area contributed by atoms with Crippen LogP contribution in [-0.4, -0.2) is 62.6 Å². The molecule has 8 nitrogen and oxygen atoms in total. The number of carbonyl (C=O) groups is 1. The van der Waals surface area contributed by atoms with E-state index in [0.717, 1.165) is 73.1 Å². The maximum absolute atomic E-state index is 12.8. The number of nitrogens with one attached hydrogen (secondary N) is 1. The number of benzene rings is 1. The van der Waals surface area contributed by atoms with E-state index in [1.54, 1.807) is 7.11 Å². The Kier molecular flexibility index (Phi) is 7.24. The van der Waals surface area contributed by atoms with Crippen molar-refractivity contribution in [2.45, 2.75) is 19.4 Å². The SMILES string of the molecule is COc1ccc(Br)cc1CNC(=O)C1CCCN(c2ccc(N3CCOCC3)nn2)C1. The van der Waals surface area contributed by atoms with Crippen LogP contribution >= 0.6 is 15.9 Å². The highest BCUT2D eigenvalue weighted by molar-refractivity contribution is 9.10. The van der Waals surface area contributed by atoms with Gasteiger partial charge in [-0.05, 0) is 43.2 Å². The lowest BCUT2D eigenvalue weighted by molar-refractivity contribution is -0.125. The number of methoxy groups -OCH3 is 1. The Hall–Kier alpha value is -2.39. The standard InChI is InChI=1S/C22H28BrN5O3/c1-30-19-5-4-18(23)13-17(19)14-24-22(29)16-3-2-8-28(15-16)21-7-6-20(25-26-21)27-9-11-31-12-10-27/h4-7,13,16H,2-3,8-12,14-15H2,1H3,(H,24,29). The third-order valence-corrected chi connectivity index (χ3v) is 6.28. The molecule has 166 valence electrons. The van der Waals surface area contributed by atoms with Gasteiger partial charge in [-0.15, -0.1) is 10.2 Å². The van der Waals surface area contributed by atoms with Crippen molar-refractivity contribution < 1.29 is 14.3 Å². The second-order valence-electron chi connectivity index (χ2n) is 7.81. The molecule has 2 aromatic rings. The Morgan fingerprint density at radius 2 is 1.90 bits per heavy atom. The molecule has 0 bridgehead atoms. The van der Waals surface area contributed by atoms with Gasteiger partial charge in [0.25, 0.3) is 0 Å². The maximum atomic E-state index is 12.8. The molecule has 3 heterocycles. The van der Waals surface area contributed by atoms with Crippen LogP contribution in [0.2, 0.25) is 0 Å². The predicted molar refractivity (Wildman–Crippen MR) is 123 cm³/mol. The Bertz CT molecular complexity index is 889. The fraction of sp³-hybridized carbons (Fsp3) is 0.500. The number of anilines is 2. The summed E-state index contributed by atoms with van der Waals surface area (Å²) in [6.45, 7) is 5.08. The molecule has 1 atom stereocenters. The Balaban J connectivity index is 1.34. The zero-order valence-corrected chi connectivity index (χ0v) is 19.3. The van der Waals surface area contributed by atoms with E-state index < -0.39 is 0 Å². The van der Waals surface area contributed by atoms with E-state index in [9.17, 15) is 4.79 Å². The number of nitrogens with zero attached hydrogens (tertiary/aromatic N) is 4. The van der Waals surface area contributed by atoms with Crippen LogP contribution in [-0.2, 0) is 16.1 Å². The monoisotopic (exact) mass is 489 g/mol. The first kappa shape index (κ1) is 21.8. The molecule has 31 heavy (non-hydrogen) atoms. The van der Waals surface area contributed by atoms with E-state index in [-0.39, 0.29) is 11.8 Å².